The maximum Gasteiger partial charge on any atom is 0.407 e. The molecule has 1 aromatic carbocycles. The lowest BCUT2D eigenvalue weighted by Crippen LogP contribution is -2.45. The Bertz CT molecular complexity index is 595. The van der Waals surface area contributed by atoms with Gasteiger partial charge in [-0.05, 0) is 51.7 Å². The zero-order valence-corrected chi connectivity index (χ0v) is 15.6. The first-order chi connectivity index (χ1) is 11.6. The summed E-state index contributed by atoms with van der Waals surface area (Å²) in [6.07, 6.45) is 1.49. The summed E-state index contributed by atoms with van der Waals surface area (Å²) in [5.74, 6) is -0.917. The number of hydrogen-bond acceptors (Lipinski definition) is 4. The normalized spacial score (nSPS) is 13.8. The van der Waals surface area contributed by atoms with Gasteiger partial charge in [-0.15, -0.1) is 0 Å². The number of carboxylic acids is 1. The number of carbonyl (C=O) groups excluding carboxylic acids is 1. The molecule has 4 N–H and O–H groups in total. The first-order valence-corrected chi connectivity index (χ1v) is 8.63. The summed E-state index contributed by atoms with van der Waals surface area (Å²) in [6.45, 7) is 7.25. The van der Waals surface area contributed by atoms with E-state index in [0.29, 0.717) is 31.4 Å². The third-order valence-corrected chi connectivity index (χ3v) is 4.08. The molecule has 0 spiro atoms. The molecule has 140 valence electrons. The van der Waals surface area contributed by atoms with Gasteiger partial charge in [-0.2, -0.15) is 0 Å². The fraction of sp³-hybridized carbons (Fsp3) is 0.579. The first-order valence-electron chi connectivity index (χ1n) is 8.63. The van der Waals surface area contributed by atoms with Gasteiger partial charge in [-0.1, -0.05) is 31.5 Å². The minimum Gasteiger partial charge on any atom is -0.481 e. The molecule has 0 saturated carbocycles. The molecule has 1 rings (SSSR count). The van der Waals surface area contributed by atoms with Crippen LogP contribution >= 0.6 is 0 Å². The summed E-state index contributed by atoms with van der Waals surface area (Å²) in [6, 6.07) is 7.43. The number of aliphatic carboxylic acids is 1. The topological polar surface area (TPSA) is 102 Å². The fourth-order valence-corrected chi connectivity index (χ4v) is 2.76. The molecule has 1 atom stereocenters. The predicted octanol–water partition coefficient (Wildman–Crippen LogP) is 3.60. The lowest BCUT2D eigenvalue weighted by atomic mass is 9.78. The van der Waals surface area contributed by atoms with Crippen molar-refractivity contribution in [2.75, 3.05) is 12.3 Å². The highest BCUT2D eigenvalue weighted by Crippen LogP contribution is 2.31. The number of amides is 1. The van der Waals surface area contributed by atoms with Crippen molar-refractivity contribution >= 4 is 17.7 Å². The number of carbonyl (C=O) groups is 2. The molecule has 25 heavy (non-hydrogen) atoms. The largest absolute Gasteiger partial charge is 0.481 e. The summed E-state index contributed by atoms with van der Waals surface area (Å²) in [4.78, 5) is 23.9. The SMILES string of the molecule is CCCC(CCc1ccccc1N)(CNC(=O)OC(C)(C)C)C(=O)O. The van der Waals surface area contributed by atoms with Gasteiger partial charge in [0.25, 0.3) is 0 Å². The molecule has 0 saturated heterocycles. The number of rotatable bonds is 8. The number of para-hydroxylation sites is 1. The minimum atomic E-state index is -1.05. The molecule has 0 aromatic heterocycles. The number of nitrogen functional groups attached to an aromatic ring is 1. The monoisotopic (exact) mass is 350 g/mol. The summed E-state index contributed by atoms with van der Waals surface area (Å²) < 4.78 is 5.21. The molecule has 0 aliphatic heterocycles. The van der Waals surface area contributed by atoms with Crippen LogP contribution in [0.1, 0.15) is 52.5 Å². The van der Waals surface area contributed by atoms with Gasteiger partial charge in [0, 0.05) is 12.2 Å². The fourth-order valence-electron chi connectivity index (χ4n) is 2.76. The Morgan fingerprint density at radius 2 is 1.84 bits per heavy atom. The lowest BCUT2D eigenvalue weighted by Gasteiger charge is -2.30. The summed E-state index contributed by atoms with van der Waals surface area (Å²) >= 11 is 0. The van der Waals surface area contributed by atoms with Crippen molar-refractivity contribution in [3.05, 3.63) is 29.8 Å². The molecule has 0 aliphatic carbocycles. The Balaban J connectivity index is 2.85. The molecular weight excluding hydrogens is 320 g/mol. The van der Waals surface area contributed by atoms with Crippen molar-refractivity contribution in [3.63, 3.8) is 0 Å². The van der Waals surface area contributed by atoms with E-state index in [2.05, 4.69) is 5.32 Å². The predicted molar refractivity (Wildman–Crippen MR) is 98.4 cm³/mol. The maximum atomic E-state index is 12.0. The third kappa shape index (κ3) is 6.64. The van der Waals surface area contributed by atoms with Crippen LogP contribution in [-0.4, -0.2) is 29.3 Å². The summed E-state index contributed by atoms with van der Waals surface area (Å²) in [5.41, 5.74) is 5.85. The van der Waals surface area contributed by atoms with E-state index in [-0.39, 0.29) is 6.54 Å². The molecule has 1 aromatic rings. The van der Waals surface area contributed by atoms with Crippen molar-refractivity contribution in [1.82, 2.24) is 5.32 Å². The van der Waals surface area contributed by atoms with Gasteiger partial charge >= 0.3 is 12.1 Å². The van der Waals surface area contributed by atoms with Crippen molar-refractivity contribution in [1.29, 1.82) is 0 Å². The summed E-state index contributed by atoms with van der Waals surface area (Å²) in [5, 5.41) is 12.4. The average molecular weight is 350 g/mol. The van der Waals surface area contributed by atoms with Gasteiger partial charge < -0.3 is 20.9 Å². The average Bonchev–Trinajstić information content (AvgIpc) is 2.49. The second-order valence-corrected chi connectivity index (χ2v) is 7.39. The molecular formula is C19H30N2O4. The molecule has 0 fully saturated rings. The molecule has 0 aliphatic rings. The highest BCUT2D eigenvalue weighted by Gasteiger charge is 2.38. The van der Waals surface area contributed by atoms with Gasteiger partial charge in [-0.25, -0.2) is 4.79 Å². The van der Waals surface area contributed by atoms with Gasteiger partial charge in [0.2, 0.25) is 0 Å². The van der Waals surface area contributed by atoms with E-state index in [0.717, 1.165) is 5.56 Å². The van der Waals surface area contributed by atoms with Crippen molar-refractivity contribution in [2.45, 2.75) is 59.0 Å². The van der Waals surface area contributed by atoms with Crippen LogP contribution < -0.4 is 11.1 Å². The van der Waals surface area contributed by atoms with Crippen LogP contribution in [0.15, 0.2) is 24.3 Å². The lowest BCUT2D eigenvalue weighted by molar-refractivity contribution is -0.149. The van der Waals surface area contributed by atoms with E-state index < -0.39 is 23.1 Å². The number of aryl methyl sites for hydroxylation is 1. The van der Waals surface area contributed by atoms with E-state index >= 15 is 0 Å². The van der Waals surface area contributed by atoms with Crippen LogP contribution in [0.4, 0.5) is 10.5 Å². The molecule has 1 unspecified atom stereocenters. The van der Waals surface area contributed by atoms with E-state index in [1.54, 1.807) is 26.8 Å². The summed E-state index contributed by atoms with van der Waals surface area (Å²) in [7, 11) is 0. The number of nitrogens with one attached hydrogen (secondary N) is 1. The molecule has 6 nitrogen and oxygen atoms in total. The van der Waals surface area contributed by atoms with Crippen LogP contribution in [0.25, 0.3) is 0 Å². The standard InChI is InChI=1S/C19H30N2O4/c1-5-11-19(16(22)23,13-21-17(24)25-18(2,3)4)12-10-14-8-6-7-9-15(14)20/h6-9H,5,10-13,20H2,1-4H3,(H,21,24)(H,22,23). The third-order valence-electron chi connectivity index (χ3n) is 4.08. The minimum absolute atomic E-state index is 0.0256. The number of ether oxygens (including phenoxy) is 1. The molecule has 1 amide bonds. The second-order valence-electron chi connectivity index (χ2n) is 7.39. The smallest absolute Gasteiger partial charge is 0.407 e. The number of benzene rings is 1. The van der Waals surface area contributed by atoms with Crippen LogP contribution in [0, 0.1) is 5.41 Å². The van der Waals surface area contributed by atoms with Crippen LogP contribution in [0.2, 0.25) is 0 Å². The highest BCUT2D eigenvalue weighted by atomic mass is 16.6. The van der Waals surface area contributed by atoms with Gasteiger partial charge in [0.1, 0.15) is 5.60 Å². The van der Waals surface area contributed by atoms with E-state index in [9.17, 15) is 14.7 Å². The molecule has 0 heterocycles. The number of anilines is 1. The second kappa shape index (κ2) is 8.74. The quantitative estimate of drug-likeness (QED) is 0.622. The Morgan fingerprint density at radius 1 is 1.20 bits per heavy atom. The molecule has 0 bridgehead atoms. The van der Waals surface area contributed by atoms with Crippen LogP contribution in [0.3, 0.4) is 0 Å². The van der Waals surface area contributed by atoms with Crippen LogP contribution in [-0.2, 0) is 16.0 Å². The number of hydrogen-bond donors (Lipinski definition) is 3. The van der Waals surface area contributed by atoms with E-state index in [1.807, 2.05) is 25.1 Å². The number of alkyl carbamates (subject to hydrolysis) is 1. The zero-order valence-electron chi connectivity index (χ0n) is 15.6. The van der Waals surface area contributed by atoms with Crippen molar-refractivity contribution in [3.8, 4) is 0 Å². The van der Waals surface area contributed by atoms with Crippen molar-refractivity contribution in [2.24, 2.45) is 5.41 Å². The Hall–Kier alpha value is -2.24. The Kier molecular flexibility index (Phi) is 7.27. The van der Waals surface area contributed by atoms with E-state index in [4.69, 9.17) is 10.5 Å². The van der Waals surface area contributed by atoms with Crippen molar-refractivity contribution < 1.29 is 19.4 Å². The van der Waals surface area contributed by atoms with Gasteiger partial charge in [-0.3, -0.25) is 4.79 Å². The van der Waals surface area contributed by atoms with E-state index in [1.165, 1.54) is 0 Å². The molecule has 6 heteroatoms. The first kappa shape index (κ1) is 20.8. The maximum absolute atomic E-state index is 12.0. The Labute approximate surface area is 149 Å². The number of nitrogens with two attached hydrogens (primary N) is 1. The van der Waals surface area contributed by atoms with Gasteiger partial charge in [0.15, 0.2) is 0 Å². The number of carboxylic acid groups (broad SMARTS) is 1. The highest BCUT2D eigenvalue weighted by molar-refractivity contribution is 5.76. The van der Waals surface area contributed by atoms with Gasteiger partial charge in [0.05, 0.1) is 5.41 Å². The zero-order chi connectivity index (χ0) is 19.1. The molecule has 0 radical (unpaired) electrons. The Morgan fingerprint density at radius 3 is 2.36 bits per heavy atom. The van der Waals surface area contributed by atoms with Crippen LogP contribution in [0.5, 0.6) is 0 Å².